The molecule has 0 bridgehead atoms. The number of nitrogens with one attached hydrogen (secondary N) is 1. The van der Waals surface area contributed by atoms with E-state index >= 15 is 0 Å². The number of hydrogen-bond donors (Lipinski definition) is 1. The molecule has 2 aliphatic heterocycles. The van der Waals surface area contributed by atoms with Gasteiger partial charge in [0.2, 0.25) is 10.0 Å². The fourth-order valence-electron chi connectivity index (χ4n) is 4.44. The molecule has 2 fully saturated rings. The summed E-state index contributed by atoms with van der Waals surface area (Å²) in [5, 5.41) is 2.92. The third kappa shape index (κ3) is 5.81. The highest BCUT2D eigenvalue weighted by atomic mass is 32.2. The first-order chi connectivity index (χ1) is 14.3. The molecule has 168 valence electrons. The van der Waals surface area contributed by atoms with Crippen molar-refractivity contribution in [1.29, 1.82) is 0 Å². The maximum atomic E-state index is 13.0. The summed E-state index contributed by atoms with van der Waals surface area (Å²) >= 11 is 0. The van der Waals surface area contributed by atoms with Crippen LogP contribution in [-0.2, 0) is 14.8 Å². The minimum absolute atomic E-state index is 0.00754. The van der Waals surface area contributed by atoms with Crippen LogP contribution in [-0.4, -0.2) is 74.5 Å². The van der Waals surface area contributed by atoms with Crippen LogP contribution in [0.4, 0.5) is 0 Å². The van der Waals surface area contributed by atoms with E-state index in [9.17, 15) is 13.2 Å². The molecule has 3 rings (SSSR count). The Bertz CT molecular complexity index is 819. The van der Waals surface area contributed by atoms with Crippen LogP contribution in [0.1, 0.15) is 56.8 Å². The van der Waals surface area contributed by atoms with E-state index in [1.165, 1.54) is 6.07 Å². The lowest BCUT2D eigenvalue weighted by Gasteiger charge is -2.35. The summed E-state index contributed by atoms with van der Waals surface area (Å²) < 4.78 is 33.4. The second-order valence-electron chi connectivity index (χ2n) is 8.61. The Morgan fingerprint density at radius 2 is 1.90 bits per heavy atom. The van der Waals surface area contributed by atoms with Gasteiger partial charge < -0.3 is 10.1 Å². The van der Waals surface area contributed by atoms with Crippen LogP contribution >= 0.6 is 0 Å². The zero-order chi connectivity index (χ0) is 21.7. The van der Waals surface area contributed by atoms with Crippen molar-refractivity contribution in [2.75, 3.05) is 32.7 Å². The lowest BCUT2D eigenvalue weighted by atomic mass is 10.1. The van der Waals surface area contributed by atoms with Crippen molar-refractivity contribution in [3.8, 4) is 0 Å². The number of piperidine rings is 1. The minimum atomic E-state index is -3.58. The van der Waals surface area contributed by atoms with Crippen LogP contribution in [0.2, 0.25) is 0 Å². The zero-order valence-corrected chi connectivity index (χ0v) is 19.2. The van der Waals surface area contributed by atoms with Gasteiger partial charge in [0.25, 0.3) is 5.91 Å². The third-order valence-corrected chi connectivity index (χ3v) is 7.89. The molecule has 2 saturated heterocycles. The molecule has 3 unspecified atom stereocenters. The number of rotatable bonds is 7. The molecule has 0 saturated carbocycles. The number of ether oxygens (including phenoxy) is 1. The highest BCUT2D eigenvalue weighted by Crippen LogP contribution is 2.25. The van der Waals surface area contributed by atoms with Crippen LogP contribution in [0, 0.1) is 0 Å². The zero-order valence-electron chi connectivity index (χ0n) is 18.3. The predicted molar refractivity (Wildman–Crippen MR) is 117 cm³/mol. The topological polar surface area (TPSA) is 79.0 Å². The minimum Gasteiger partial charge on any atom is -0.373 e. The van der Waals surface area contributed by atoms with Crippen LogP contribution in [0.3, 0.4) is 0 Å². The van der Waals surface area contributed by atoms with Gasteiger partial charge in [0, 0.05) is 44.3 Å². The summed E-state index contributed by atoms with van der Waals surface area (Å²) in [6.07, 6.45) is 4.11. The molecule has 30 heavy (non-hydrogen) atoms. The van der Waals surface area contributed by atoms with Crippen molar-refractivity contribution in [3.63, 3.8) is 0 Å². The fraction of sp³-hybridized carbons (Fsp3) is 0.682. The molecule has 0 radical (unpaired) electrons. The molecule has 1 amide bonds. The van der Waals surface area contributed by atoms with Crippen molar-refractivity contribution in [1.82, 2.24) is 14.5 Å². The molecule has 8 heteroatoms. The van der Waals surface area contributed by atoms with Crippen molar-refractivity contribution in [3.05, 3.63) is 29.8 Å². The standard InChI is InChI=1S/C22H35N3O4S/c1-17-8-4-5-13-25(17)30(27,28)21-10-6-9-20(14-21)22(26)23-11-7-12-24-15-18(2)29-19(3)16-24/h6,9-10,14,17-19H,4-5,7-8,11-13,15-16H2,1-3H3,(H,23,26). The monoisotopic (exact) mass is 437 g/mol. The van der Waals surface area contributed by atoms with E-state index < -0.39 is 10.0 Å². The fourth-order valence-corrected chi connectivity index (χ4v) is 6.18. The van der Waals surface area contributed by atoms with Gasteiger partial charge in [-0.15, -0.1) is 0 Å². The first-order valence-corrected chi connectivity index (χ1v) is 12.5. The maximum absolute atomic E-state index is 13.0. The van der Waals surface area contributed by atoms with Gasteiger partial charge in [0.05, 0.1) is 17.1 Å². The lowest BCUT2D eigenvalue weighted by molar-refractivity contribution is -0.0680. The Morgan fingerprint density at radius 1 is 1.17 bits per heavy atom. The number of sulfonamides is 1. The normalized spacial score (nSPS) is 26.4. The summed E-state index contributed by atoms with van der Waals surface area (Å²) in [4.78, 5) is 15.1. The van der Waals surface area contributed by atoms with E-state index in [1.54, 1.807) is 22.5 Å². The average molecular weight is 438 g/mol. The van der Waals surface area contributed by atoms with Crippen LogP contribution in [0.25, 0.3) is 0 Å². The summed E-state index contributed by atoms with van der Waals surface area (Å²) in [5.74, 6) is -0.234. The molecule has 1 aromatic carbocycles. The quantitative estimate of drug-likeness (QED) is 0.663. The van der Waals surface area contributed by atoms with E-state index in [0.29, 0.717) is 18.7 Å². The Hall–Kier alpha value is -1.48. The predicted octanol–water partition coefficient (Wildman–Crippen LogP) is 2.48. The Morgan fingerprint density at radius 3 is 2.60 bits per heavy atom. The Labute approximate surface area is 180 Å². The van der Waals surface area contributed by atoms with Gasteiger partial charge in [-0.2, -0.15) is 4.31 Å². The lowest BCUT2D eigenvalue weighted by Crippen LogP contribution is -2.46. The first-order valence-electron chi connectivity index (χ1n) is 11.1. The molecule has 1 aromatic rings. The molecular weight excluding hydrogens is 402 g/mol. The van der Waals surface area contributed by atoms with Gasteiger partial charge in [0.15, 0.2) is 0 Å². The van der Waals surface area contributed by atoms with Gasteiger partial charge in [-0.3, -0.25) is 9.69 Å². The van der Waals surface area contributed by atoms with Crippen molar-refractivity contribution >= 4 is 15.9 Å². The van der Waals surface area contributed by atoms with E-state index in [1.807, 2.05) is 6.92 Å². The SMILES string of the molecule is CC1CN(CCCNC(=O)c2cccc(S(=O)(=O)N3CCCCC3C)c2)CC(C)O1. The average Bonchev–Trinajstić information content (AvgIpc) is 2.70. The number of hydrogen-bond acceptors (Lipinski definition) is 5. The number of benzene rings is 1. The van der Waals surface area contributed by atoms with E-state index in [4.69, 9.17) is 4.74 Å². The first kappa shape index (κ1) is 23.2. The number of carbonyl (C=O) groups excluding carboxylic acids is 1. The number of nitrogens with zero attached hydrogens (tertiary/aromatic N) is 2. The molecule has 7 nitrogen and oxygen atoms in total. The van der Waals surface area contributed by atoms with Crippen LogP contribution < -0.4 is 5.32 Å². The van der Waals surface area contributed by atoms with Crippen molar-refractivity contribution in [2.24, 2.45) is 0 Å². The third-order valence-electron chi connectivity index (χ3n) is 5.88. The maximum Gasteiger partial charge on any atom is 0.251 e. The van der Waals surface area contributed by atoms with Crippen molar-refractivity contribution < 1.29 is 17.9 Å². The highest BCUT2D eigenvalue weighted by Gasteiger charge is 2.31. The summed E-state index contributed by atoms with van der Waals surface area (Å²) in [5.41, 5.74) is 0.384. The van der Waals surface area contributed by atoms with Gasteiger partial charge in [0.1, 0.15) is 0 Å². The summed E-state index contributed by atoms with van der Waals surface area (Å²) in [6.45, 7) is 9.92. The molecule has 2 heterocycles. The number of carbonyl (C=O) groups is 1. The molecule has 0 spiro atoms. The van der Waals surface area contributed by atoms with Crippen LogP contribution in [0.15, 0.2) is 29.2 Å². The molecule has 1 N–H and O–H groups in total. The summed E-state index contributed by atoms with van der Waals surface area (Å²) in [6, 6.07) is 6.38. The van der Waals surface area contributed by atoms with Crippen LogP contribution in [0.5, 0.6) is 0 Å². The smallest absolute Gasteiger partial charge is 0.251 e. The largest absolute Gasteiger partial charge is 0.373 e. The van der Waals surface area contributed by atoms with E-state index in [-0.39, 0.29) is 29.1 Å². The van der Waals surface area contributed by atoms with Gasteiger partial charge in [-0.25, -0.2) is 8.42 Å². The Kier molecular flexibility index (Phi) is 7.90. The Balaban J connectivity index is 1.54. The second-order valence-corrected chi connectivity index (χ2v) is 10.5. The highest BCUT2D eigenvalue weighted by molar-refractivity contribution is 7.89. The number of morpholine rings is 1. The van der Waals surface area contributed by atoms with Gasteiger partial charge in [-0.1, -0.05) is 12.5 Å². The van der Waals surface area contributed by atoms with Gasteiger partial charge in [-0.05, 0) is 58.2 Å². The molecule has 0 aliphatic carbocycles. The van der Waals surface area contributed by atoms with E-state index in [0.717, 1.165) is 45.3 Å². The van der Waals surface area contributed by atoms with Gasteiger partial charge >= 0.3 is 0 Å². The number of amides is 1. The second kappa shape index (κ2) is 10.2. The van der Waals surface area contributed by atoms with E-state index in [2.05, 4.69) is 24.1 Å². The molecular formula is C22H35N3O4S. The molecule has 3 atom stereocenters. The van der Waals surface area contributed by atoms with Crippen molar-refractivity contribution in [2.45, 2.75) is 69.6 Å². The molecule has 0 aromatic heterocycles. The molecule has 2 aliphatic rings. The summed E-state index contributed by atoms with van der Waals surface area (Å²) in [7, 11) is -3.58.